The van der Waals surface area contributed by atoms with Gasteiger partial charge in [-0.25, -0.2) is 0 Å². The molecule has 2 aromatic rings. The Morgan fingerprint density at radius 2 is 1.68 bits per heavy atom. The van der Waals surface area contributed by atoms with Gasteiger partial charge in [-0.2, -0.15) is 5.26 Å². The highest BCUT2D eigenvalue weighted by molar-refractivity contribution is 5.95. The maximum atomic E-state index is 12.3. The zero-order valence-electron chi connectivity index (χ0n) is 16.6. The minimum atomic E-state index is -0.209. The largest absolute Gasteiger partial charge is 0.372 e. The van der Waals surface area contributed by atoms with Crippen molar-refractivity contribution >= 4 is 28.9 Å². The molecular formula is C22H26N4O2. The van der Waals surface area contributed by atoms with Crippen molar-refractivity contribution in [3.8, 4) is 6.07 Å². The predicted molar refractivity (Wildman–Crippen MR) is 112 cm³/mol. The van der Waals surface area contributed by atoms with Crippen LogP contribution in [0.3, 0.4) is 0 Å². The average molecular weight is 378 g/mol. The van der Waals surface area contributed by atoms with Crippen LogP contribution in [0, 0.1) is 11.3 Å². The number of para-hydroxylation sites is 1. The first-order valence-corrected chi connectivity index (χ1v) is 9.42. The lowest BCUT2D eigenvalue weighted by atomic mass is 10.1. The molecule has 0 atom stereocenters. The maximum Gasteiger partial charge on any atom is 0.226 e. The number of carbonyl (C=O) groups is 2. The molecule has 28 heavy (non-hydrogen) atoms. The number of amides is 2. The molecule has 2 rings (SSSR count). The van der Waals surface area contributed by atoms with E-state index >= 15 is 0 Å². The molecule has 0 heterocycles. The molecule has 146 valence electrons. The molecule has 0 unspecified atom stereocenters. The second kappa shape index (κ2) is 10.1. The second-order valence-electron chi connectivity index (χ2n) is 6.32. The van der Waals surface area contributed by atoms with Gasteiger partial charge in [0.05, 0.1) is 11.3 Å². The molecule has 0 radical (unpaired) electrons. The summed E-state index contributed by atoms with van der Waals surface area (Å²) in [6.07, 6.45) is 0.136. The Morgan fingerprint density at radius 3 is 2.25 bits per heavy atom. The average Bonchev–Trinajstić information content (AvgIpc) is 2.70. The lowest BCUT2D eigenvalue weighted by Crippen LogP contribution is -2.32. The molecule has 0 saturated heterocycles. The van der Waals surface area contributed by atoms with Gasteiger partial charge in [-0.3, -0.25) is 9.59 Å². The zero-order valence-corrected chi connectivity index (χ0v) is 16.6. The molecule has 0 aliphatic heterocycles. The van der Waals surface area contributed by atoms with Crippen molar-refractivity contribution in [3.63, 3.8) is 0 Å². The van der Waals surface area contributed by atoms with Crippen LogP contribution in [0.4, 0.5) is 17.1 Å². The predicted octanol–water partition coefficient (Wildman–Crippen LogP) is 3.79. The highest BCUT2D eigenvalue weighted by Gasteiger charge is 2.16. The molecular weight excluding hydrogens is 352 g/mol. The number of hydrogen-bond donors (Lipinski definition) is 1. The maximum absolute atomic E-state index is 12.3. The summed E-state index contributed by atoms with van der Waals surface area (Å²) < 4.78 is 0. The SMILES string of the molecule is CCN(CC)c1ccc(NC(=O)CCN(C(C)=O)c2ccccc2C#N)cc1. The summed E-state index contributed by atoms with van der Waals surface area (Å²) in [6, 6.07) is 16.7. The highest BCUT2D eigenvalue weighted by atomic mass is 16.2. The molecule has 6 nitrogen and oxygen atoms in total. The van der Waals surface area contributed by atoms with Gasteiger partial charge in [0.1, 0.15) is 6.07 Å². The number of nitriles is 1. The molecule has 0 aromatic heterocycles. The van der Waals surface area contributed by atoms with E-state index in [1.165, 1.54) is 11.8 Å². The fourth-order valence-electron chi connectivity index (χ4n) is 3.03. The van der Waals surface area contributed by atoms with E-state index in [4.69, 9.17) is 0 Å². The molecule has 0 fully saturated rings. The Labute approximate surface area is 166 Å². The van der Waals surface area contributed by atoms with Crippen LogP contribution in [0.25, 0.3) is 0 Å². The molecule has 2 aromatic carbocycles. The first-order valence-electron chi connectivity index (χ1n) is 9.42. The smallest absolute Gasteiger partial charge is 0.226 e. The van der Waals surface area contributed by atoms with E-state index in [2.05, 4.69) is 30.1 Å². The van der Waals surface area contributed by atoms with E-state index in [1.807, 2.05) is 24.3 Å². The molecule has 6 heteroatoms. The second-order valence-corrected chi connectivity index (χ2v) is 6.32. The fraction of sp³-hybridized carbons (Fsp3) is 0.318. The number of nitrogens with zero attached hydrogens (tertiary/aromatic N) is 3. The third-order valence-corrected chi connectivity index (χ3v) is 4.54. The van der Waals surface area contributed by atoms with Crippen LogP contribution in [0.15, 0.2) is 48.5 Å². The standard InChI is InChI=1S/C22H26N4O2/c1-4-25(5-2)20-12-10-19(11-13-20)24-22(28)14-15-26(17(3)27)21-9-7-6-8-18(21)16-23/h6-13H,4-5,14-15H2,1-3H3,(H,24,28). The number of nitrogens with one attached hydrogen (secondary N) is 1. The lowest BCUT2D eigenvalue weighted by molar-refractivity contribution is -0.117. The van der Waals surface area contributed by atoms with E-state index in [-0.39, 0.29) is 24.8 Å². The van der Waals surface area contributed by atoms with Gasteiger partial charge < -0.3 is 15.1 Å². The van der Waals surface area contributed by atoms with Gasteiger partial charge in [0.2, 0.25) is 11.8 Å². The van der Waals surface area contributed by atoms with Gasteiger partial charge in [0, 0.05) is 44.4 Å². The Balaban J connectivity index is 2.00. The Morgan fingerprint density at radius 1 is 1.04 bits per heavy atom. The van der Waals surface area contributed by atoms with E-state index in [9.17, 15) is 14.9 Å². The van der Waals surface area contributed by atoms with Crippen molar-refractivity contribution in [2.45, 2.75) is 27.2 Å². The van der Waals surface area contributed by atoms with E-state index in [0.29, 0.717) is 16.9 Å². The molecule has 0 bridgehead atoms. The monoisotopic (exact) mass is 378 g/mol. The summed E-state index contributed by atoms with van der Waals surface area (Å²) in [5, 5.41) is 12.1. The summed E-state index contributed by atoms with van der Waals surface area (Å²) in [6.45, 7) is 7.69. The van der Waals surface area contributed by atoms with Gasteiger partial charge in [0.15, 0.2) is 0 Å². The Kier molecular flexibility index (Phi) is 7.58. The van der Waals surface area contributed by atoms with Gasteiger partial charge in [-0.05, 0) is 50.2 Å². The van der Waals surface area contributed by atoms with Crippen molar-refractivity contribution in [2.75, 3.05) is 34.8 Å². The van der Waals surface area contributed by atoms with Crippen LogP contribution in [-0.4, -0.2) is 31.4 Å². The lowest BCUT2D eigenvalue weighted by Gasteiger charge is -2.22. The molecule has 0 aliphatic rings. The number of hydrogen-bond acceptors (Lipinski definition) is 4. The van der Waals surface area contributed by atoms with Crippen molar-refractivity contribution < 1.29 is 9.59 Å². The summed E-state index contributed by atoms with van der Waals surface area (Å²) in [5.74, 6) is -0.393. The van der Waals surface area contributed by atoms with Crippen LogP contribution in [-0.2, 0) is 9.59 Å². The van der Waals surface area contributed by atoms with Gasteiger partial charge >= 0.3 is 0 Å². The minimum Gasteiger partial charge on any atom is -0.372 e. The number of benzene rings is 2. The van der Waals surface area contributed by atoms with Crippen LogP contribution in [0.2, 0.25) is 0 Å². The minimum absolute atomic E-state index is 0.136. The van der Waals surface area contributed by atoms with Crippen LogP contribution >= 0.6 is 0 Å². The normalized spacial score (nSPS) is 10.1. The van der Waals surface area contributed by atoms with Crippen molar-refractivity contribution in [2.24, 2.45) is 0 Å². The summed E-state index contributed by atoms with van der Waals surface area (Å²) in [4.78, 5) is 28.0. The molecule has 2 amide bonds. The van der Waals surface area contributed by atoms with Crippen molar-refractivity contribution in [3.05, 3.63) is 54.1 Å². The van der Waals surface area contributed by atoms with Gasteiger partial charge in [-0.15, -0.1) is 0 Å². The number of rotatable bonds is 8. The zero-order chi connectivity index (χ0) is 20.5. The molecule has 0 aliphatic carbocycles. The number of carbonyl (C=O) groups excluding carboxylic acids is 2. The van der Waals surface area contributed by atoms with Crippen LogP contribution in [0.1, 0.15) is 32.8 Å². The summed E-state index contributed by atoms with van der Waals surface area (Å²) >= 11 is 0. The van der Waals surface area contributed by atoms with Crippen molar-refractivity contribution in [1.82, 2.24) is 0 Å². The van der Waals surface area contributed by atoms with Gasteiger partial charge in [-0.1, -0.05) is 12.1 Å². The first-order chi connectivity index (χ1) is 13.5. The third-order valence-electron chi connectivity index (χ3n) is 4.54. The van der Waals surface area contributed by atoms with Crippen LogP contribution in [0.5, 0.6) is 0 Å². The van der Waals surface area contributed by atoms with E-state index in [1.54, 1.807) is 24.3 Å². The topological polar surface area (TPSA) is 76.4 Å². The summed E-state index contributed by atoms with van der Waals surface area (Å²) in [7, 11) is 0. The van der Waals surface area contributed by atoms with E-state index in [0.717, 1.165) is 18.8 Å². The Bertz CT molecular complexity index is 852. The Hall–Kier alpha value is -3.33. The fourth-order valence-corrected chi connectivity index (χ4v) is 3.03. The molecule has 0 spiro atoms. The molecule has 1 N–H and O–H groups in total. The number of anilines is 3. The third kappa shape index (κ3) is 5.34. The quantitative estimate of drug-likeness (QED) is 0.758. The molecule has 0 saturated carbocycles. The van der Waals surface area contributed by atoms with Crippen molar-refractivity contribution in [1.29, 1.82) is 5.26 Å². The van der Waals surface area contributed by atoms with E-state index < -0.39 is 0 Å². The highest BCUT2D eigenvalue weighted by Crippen LogP contribution is 2.21. The van der Waals surface area contributed by atoms with Gasteiger partial charge in [0.25, 0.3) is 0 Å². The first kappa shape index (κ1) is 21.0. The summed E-state index contributed by atoms with van der Waals surface area (Å²) in [5.41, 5.74) is 2.76. The van der Waals surface area contributed by atoms with Crippen LogP contribution < -0.4 is 15.1 Å².